The number of hydrogen-bond acceptors (Lipinski definition) is 14. The molecule has 25 heteroatoms. The molecule has 0 aromatic heterocycles. The van der Waals surface area contributed by atoms with Crippen LogP contribution in [0.5, 0.6) is 0 Å². The summed E-state index contributed by atoms with van der Waals surface area (Å²) in [5.74, 6) is 0. The van der Waals surface area contributed by atoms with Gasteiger partial charge in [-0.3, -0.25) is 47.7 Å². The Balaban J connectivity index is 0.000000252. The van der Waals surface area contributed by atoms with Crippen molar-refractivity contribution in [2.45, 2.75) is 0 Å². The Labute approximate surface area is 474 Å². The van der Waals surface area contributed by atoms with Gasteiger partial charge in [-0.15, -0.1) is 0 Å². The molecule has 6 aromatic rings. The molecule has 0 saturated carbocycles. The maximum atomic E-state index is 13.3. The van der Waals surface area contributed by atoms with Crippen molar-refractivity contribution in [1.29, 1.82) is 0 Å². The molecule has 0 radical (unpaired) electrons. The molecule has 0 amide bonds. The molecule has 8 rings (SSSR count). The van der Waals surface area contributed by atoms with Crippen molar-refractivity contribution in [3.8, 4) is 0 Å². The minimum absolute atomic E-state index is 0. The largest absolute Gasteiger partial charge is 6.00 e. The van der Waals surface area contributed by atoms with Gasteiger partial charge in [0, 0.05) is 112 Å². The van der Waals surface area contributed by atoms with E-state index in [1.807, 2.05) is 19.6 Å². The van der Waals surface area contributed by atoms with E-state index >= 15 is 0 Å². The molecule has 0 spiro atoms. The molecule has 2 heterocycles. The molecular formula is C54H70FeN6O12P6+4. The fourth-order valence-electron chi connectivity index (χ4n) is 9.27. The maximum absolute atomic E-state index is 13.3. The average Bonchev–Trinajstić information content (AvgIpc) is 3.61. The summed E-state index contributed by atoms with van der Waals surface area (Å²) in [4.78, 5) is 80.9. The van der Waals surface area contributed by atoms with Crippen LogP contribution in [0.4, 0.5) is 0 Å². The fraction of sp³-hybridized carbons (Fsp3) is 0.333. The van der Waals surface area contributed by atoms with Crippen LogP contribution in [0, 0.1) is 0 Å². The van der Waals surface area contributed by atoms with Crippen LogP contribution in [-0.2, 0) is 44.5 Å². The Morgan fingerprint density at radius 1 is 0.266 bits per heavy atom. The van der Waals surface area contributed by atoms with Gasteiger partial charge in [0.15, 0.2) is 0 Å². The van der Waals surface area contributed by atoms with Gasteiger partial charge in [-0.05, 0) is 59.1 Å². The zero-order valence-electron chi connectivity index (χ0n) is 43.8. The number of hydrogen-bond donors (Lipinski definition) is 4. The first-order valence-corrected chi connectivity index (χ1v) is 36.7. The van der Waals surface area contributed by atoms with E-state index in [0.29, 0.717) is 99.8 Å². The second kappa shape index (κ2) is 29.8. The number of nitrogens with zero attached hydrogens (tertiary/aromatic N) is 6. The molecule has 6 aromatic carbocycles. The molecule has 0 aliphatic carbocycles. The van der Waals surface area contributed by atoms with E-state index in [2.05, 4.69) is 0 Å². The predicted molar refractivity (Wildman–Crippen MR) is 310 cm³/mol. The van der Waals surface area contributed by atoms with Crippen LogP contribution in [0.3, 0.4) is 0 Å². The van der Waals surface area contributed by atoms with Crippen molar-refractivity contribution in [2.75, 3.05) is 116 Å². The first kappa shape index (κ1) is 64.9. The monoisotopic (exact) mass is 1240 g/mol. The molecule has 0 bridgehead atoms. The predicted octanol–water partition coefficient (Wildman–Crippen LogP) is 3.87. The first-order chi connectivity index (χ1) is 37.1. The third-order valence-corrected chi connectivity index (χ3v) is 24.9. The van der Waals surface area contributed by atoms with E-state index < -0.39 is 44.2 Å². The number of rotatable bonds is 18. The zero-order valence-corrected chi connectivity index (χ0v) is 50.3. The minimum Gasteiger partial charge on any atom is -0.795 e. The smallest absolute Gasteiger partial charge is 0.795 e. The summed E-state index contributed by atoms with van der Waals surface area (Å²) in [5, 5.41) is 1.94. The van der Waals surface area contributed by atoms with Crippen molar-refractivity contribution >= 4 is 76.0 Å². The second-order valence-corrected chi connectivity index (χ2v) is 32.8. The van der Waals surface area contributed by atoms with Crippen LogP contribution in [-0.4, -0.2) is 165 Å². The van der Waals surface area contributed by atoms with Gasteiger partial charge >= 0.3 is 17.1 Å². The molecule has 2 fully saturated rings. The van der Waals surface area contributed by atoms with Crippen molar-refractivity contribution in [2.24, 2.45) is 0 Å². The summed E-state index contributed by atoms with van der Waals surface area (Å²) in [6.07, 6.45) is -0.763. The Morgan fingerprint density at radius 3 is 0.570 bits per heavy atom. The van der Waals surface area contributed by atoms with E-state index in [-0.39, 0.29) is 65.4 Å². The van der Waals surface area contributed by atoms with E-state index in [0.717, 1.165) is 0 Å². The summed E-state index contributed by atoms with van der Waals surface area (Å²) >= 11 is 0. The van der Waals surface area contributed by atoms with Gasteiger partial charge in [-0.25, -0.2) is 0 Å². The molecule has 2 saturated heterocycles. The molecule has 2 aliphatic rings. The SMILES string of the molecule is O=P(O)(CN1CCN(CP(=O)(O)c2ccccc2)CCN(CP(=O)(O)c2ccccc2)CC1)c1ccccc1.O=P([O-])(CN1CCN(CP(=O)([O-])c2ccccc2)CCN(CP(=O)(O)c2ccccc2)CC1)c1ccccc1.[Fe+6]. The maximum Gasteiger partial charge on any atom is 6.00 e. The Hall–Kier alpha value is -3.26. The Morgan fingerprint density at radius 2 is 0.405 bits per heavy atom. The Kier molecular flexibility index (Phi) is 24.5. The molecule has 6 atom stereocenters. The van der Waals surface area contributed by atoms with Crippen molar-refractivity contribution in [3.63, 3.8) is 0 Å². The molecule has 18 nitrogen and oxygen atoms in total. The van der Waals surface area contributed by atoms with Crippen molar-refractivity contribution < 1.29 is 73.8 Å². The van der Waals surface area contributed by atoms with Crippen LogP contribution in [0.1, 0.15) is 0 Å². The van der Waals surface area contributed by atoms with Gasteiger partial charge in [0.2, 0.25) is 29.5 Å². The van der Waals surface area contributed by atoms with Gasteiger partial charge in [-0.1, -0.05) is 133 Å². The van der Waals surface area contributed by atoms with E-state index in [1.54, 1.807) is 192 Å². The molecule has 2 aliphatic heterocycles. The normalized spacial score (nSPS) is 20.7. The standard InChI is InChI=1S/2C27H36N3O6P3.Fe/c2*31-37(32,25-10-4-1-5-11-25)22-28-16-18-29(23-38(33,34)26-12-6-2-7-13-26)20-21-30(19-17-28)24-39(35,36)27-14-8-3-9-15-27;/h2*1-15H,16-24H2,(H,31,32)(H,33,34)(H,35,36);/q;;+6/p-2. The van der Waals surface area contributed by atoms with Gasteiger partial charge in [0.1, 0.15) is 0 Å². The van der Waals surface area contributed by atoms with Crippen molar-refractivity contribution in [3.05, 3.63) is 182 Å². The van der Waals surface area contributed by atoms with E-state index in [4.69, 9.17) is 0 Å². The Bertz CT molecular complexity index is 2560. The molecule has 422 valence electrons. The van der Waals surface area contributed by atoms with E-state index in [9.17, 15) is 56.8 Å². The topological polar surface area (TPSA) is 249 Å². The third kappa shape index (κ3) is 20.0. The molecule has 6 unspecified atom stereocenters. The summed E-state index contributed by atoms with van der Waals surface area (Å²) in [6, 6.07) is 50.5. The van der Waals surface area contributed by atoms with Gasteiger partial charge in [0.25, 0.3) is 0 Å². The molecule has 4 N–H and O–H groups in total. The molecular weight excluding hydrogens is 1170 g/mol. The van der Waals surface area contributed by atoms with Crippen LogP contribution in [0.15, 0.2) is 182 Å². The first-order valence-electron chi connectivity index (χ1n) is 25.7. The zero-order chi connectivity index (χ0) is 55.9. The van der Waals surface area contributed by atoms with Crippen molar-refractivity contribution in [1.82, 2.24) is 29.4 Å². The van der Waals surface area contributed by atoms with Crippen LogP contribution in [0.25, 0.3) is 0 Å². The quantitative estimate of drug-likeness (QED) is 0.0705. The second-order valence-electron chi connectivity index (χ2n) is 19.7. The van der Waals surface area contributed by atoms with Gasteiger partial charge in [0.05, 0.1) is 39.9 Å². The summed E-state index contributed by atoms with van der Waals surface area (Å²) in [7, 11) is -22.7. The number of benzene rings is 6. The van der Waals surface area contributed by atoms with E-state index in [1.165, 1.54) is 0 Å². The summed E-state index contributed by atoms with van der Waals surface area (Å²) in [5.41, 5.74) is 0. The average molecular weight is 1240 g/mol. The minimum atomic E-state index is -3.96. The van der Waals surface area contributed by atoms with Crippen LogP contribution in [0.2, 0.25) is 0 Å². The third-order valence-electron chi connectivity index (χ3n) is 13.7. The fourth-order valence-corrected chi connectivity index (χ4v) is 19.0. The molecule has 79 heavy (non-hydrogen) atoms. The van der Waals surface area contributed by atoms with Gasteiger partial charge < -0.3 is 38.5 Å². The van der Waals surface area contributed by atoms with Gasteiger partial charge in [-0.2, -0.15) is 0 Å². The van der Waals surface area contributed by atoms with Crippen LogP contribution < -0.4 is 41.6 Å². The summed E-state index contributed by atoms with van der Waals surface area (Å²) < 4.78 is 79.4. The summed E-state index contributed by atoms with van der Waals surface area (Å²) in [6.45, 7) is 4.61. The van der Waals surface area contributed by atoms with Crippen LogP contribution >= 0.6 is 44.2 Å².